The van der Waals surface area contributed by atoms with Crippen molar-refractivity contribution >= 4 is 29.6 Å². The molecule has 3 N–H and O–H groups in total. The molecule has 0 radical (unpaired) electrons. The second-order valence-corrected chi connectivity index (χ2v) is 17.9. The summed E-state index contributed by atoms with van der Waals surface area (Å²) >= 11 is 0. The van der Waals surface area contributed by atoms with E-state index < -0.39 is 54.3 Å². The molecule has 0 aromatic heterocycles. The Labute approximate surface area is 366 Å². The van der Waals surface area contributed by atoms with Crippen LogP contribution in [0.25, 0.3) is 0 Å². The molecule has 0 saturated carbocycles. The third kappa shape index (κ3) is 14.5. The van der Waals surface area contributed by atoms with Crippen molar-refractivity contribution in [1.29, 1.82) is 0 Å². The third-order valence-electron chi connectivity index (χ3n) is 12.9. The van der Waals surface area contributed by atoms with Crippen molar-refractivity contribution in [2.75, 3.05) is 81.2 Å². The van der Waals surface area contributed by atoms with E-state index in [9.17, 15) is 24.0 Å². The number of rotatable bonds is 24. The van der Waals surface area contributed by atoms with Gasteiger partial charge in [0, 0.05) is 73.5 Å². The monoisotopic (exact) mass is 858 g/mol. The number of esters is 1. The number of amides is 4. The molecule has 2 heterocycles. The SMILES string of the molecule is CCC(C)C(C(CC(=O)N1CCCC1C(OC)C(C)C(=O)NC(Cc1ccccc1)C(=O)OC)OC)N(C)C(=O)C(NC(=O)C(C(C)C)N(C)CCN1CCNCC1)C(C)C. The van der Waals surface area contributed by atoms with Crippen LogP contribution in [0.4, 0.5) is 0 Å². The number of piperazine rings is 1. The number of ether oxygens (including phenoxy) is 3. The van der Waals surface area contributed by atoms with Crippen LogP contribution in [0.1, 0.15) is 79.7 Å². The summed E-state index contributed by atoms with van der Waals surface area (Å²) < 4.78 is 17.1. The normalized spacial score (nSPS) is 20.0. The lowest BCUT2D eigenvalue weighted by Gasteiger charge is -2.41. The smallest absolute Gasteiger partial charge is 0.328 e. The summed E-state index contributed by atoms with van der Waals surface area (Å²) in [5, 5.41) is 9.40. The molecule has 9 atom stereocenters. The first-order valence-corrected chi connectivity index (χ1v) is 22.5. The van der Waals surface area contributed by atoms with Gasteiger partial charge < -0.3 is 40.0 Å². The molecule has 2 saturated heterocycles. The summed E-state index contributed by atoms with van der Waals surface area (Å²) in [5.41, 5.74) is 0.877. The van der Waals surface area contributed by atoms with Gasteiger partial charge in [-0.1, -0.05) is 85.2 Å². The maximum absolute atomic E-state index is 14.5. The average molecular weight is 858 g/mol. The van der Waals surface area contributed by atoms with Gasteiger partial charge in [0.25, 0.3) is 0 Å². The average Bonchev–Trinajstić information content (AvgIpc) is 3.74. The van der Waals surface area contributed by atoms with Crippen molar-refractivity contribution in [2.45, 2.75) is 123 Å². The summed E-state index contributed by atoms with van der Waals surface area (Å²) in [4.78, 5) is 77.4. The van der Waals surface area contributed by atoms with Gasteiger partial charge in [-0.15, -0.1) is 0 Å². The Kier molecular flexibility index (Phi) is 21.6. The van der Waals surface area contributed by atoms with E-state index in [-0.39, 0.29) is 54.2 Å². The number of hydrogen-bond donors (Lipinski definition) is 3. The van der Waals surface area contributed by atoms with E-state index >= 15 is 0 Å². The standard InChI is InChI=1S/C46H79N7O8/c1-13-32(6)41(51(9)45(57)39(30(2)3)49-44(56)40(31(4)5)50(8)26-27-52-24-21-47-22-25-52)37(59-10)29-38(54)53-23-17-20-36(53)42(60-11)33(7)43(55)48-35(46(58)61-12)28-34-18-15-14-16-19-34/h14-16,18-19,30-33,35-37,39-42,47H,13,17,20-29H2,1-12H3,(H,48,55)(H,49,56). The van der Waals surface area contributed by atoms with Gasteiger partial charge in [-0.25, -0.2) is 4.79 Å². The maximum Gasteiger partial charge on any atom is 0.328 e. The zero-order valence-corrected chi connectivity index (χ0v) is 39.3. The van der Waals surface area contributed by atoms with Gasteiger partial charge >= 0.3 is 5.97 Å². The Morgan fingerprint density at radius 1 is 0.869 bits per heavy atom. The van der Waals surface area contributed by atoms with E-state index in [4.69, 9.17) is 14.2 Å². The molecule has 346 valence electrons. The van der Waals surface area contributed by atoms with E-state index in [0.29, 0.717) is 13.0 Å². The van der Waals surface area contributed by atoms with Crippen LogP contribution in [0.2, 0.25) is 0 Å². The fourth-order valence-electron chi connectivity index (χ4n) is 9.15. The predicted octanol–water partition coefficient (Wildman–Crippen LogP) is 2.81. The Morgan fingerprint density at radius 2 is 1.52 bits per heavy atom. The molecular weight excluding hydrogens is 779 g/mol. The summed E-state index contributed by atoms with van der Waals surface area (Å²) in [6.07, 6.45) is 1.06. The van der Waals surface area contributed by atoms with Crippen LogP contribution in [0.5, 0.6) is 0 Å². The van der Waals surface area contributed by atoms with Gasteiger partial charge in [-0.3, -0.25) is 29.0 Å². The van der Waals surface area contributed by atoms with E-state index in [0.717, 1.165) is 57.7 Å². The molecule has 2 fully saturated rings. The molecule has 15 heteroatoms. The number of carbonyl (C=O) groups is 5. The fraction of sp³-hybridized carbons (Fsp3) is 0.761. The van der Waals surface area contributed by atoms with E-state index in [1.165, 1.54) is 14.2 Å². The van der Waals surface area contributed by atoms with Gasteiger partial charge in [-0.2, -0.15) is 0 Å². The van der Waals surface area contributed by atoms with Crippen LogP contribution in [0.3, 0.4) is 0 Å². The lowest BCUT2D eigenvalue weighted by Crippen LogP contribution is -2.60. The van der Waals surface area contributed by atoms with Crippen molar-refractivity contribution in [1.82, 2.24) is 35.6 Å². The Balaban J connectivity index is 1.76. The molecule has 9 unspecified atom stereocenters. The molecule has 1 aromatic rings. The third-order valence-corrected chi connectivity index (χ3v) is 12.9. The number of benzene rings is 1. The Morgan fingerprint density at radius 3 is 2.08 bits per heavy atom. The molecule has 0 aliphatic carbocycles. The van der Waals surface area contributed by atoms with E-state index in [1.54, 1.807) is 30.9 Å². The topological polar surface area (TPSA) is 162 Å². The van der Waals surface area contributed by atoms with Crippen LogP contribution >= 0.6 is 0 Å². The minimum atomic E-state index is -0.894. The summed E-state index contributed by atoms with van der Waals surface area (Å²) in [6.45, 7) is 19.7. The number of carbonyl (C=O) groups excluding carboxylic acids is 5. The van der Waals surface area contributed by atoms with Crippen LogP contribution < -0.4 is 16.0 Å². The number of methoxy groups -OCH3 is 3. The molecule has 61 heavy (non-hydrogen) atoms. The zero-order valence-electron chi connectivity index (χ0n) is 39.3. The minimum Gasteiger partial charge on any atom is -0.467 e. The van der Waals surface area contributed by atoms with Gasteiger partial charge in [0.2, 0.25) is 23.6 Å². The summed E-state index contributed by atoms with van der Waals surface area (Å²) in [5.74, 6) is -2.42. The molecule has 1 aromatic carbocycles. The van der Waals surface area contributed by atoms with Crippen LogP contribution in [-0.2, 0) is 44.6 Å². The highest BCUT2D eigenvalue weighted by Crippen LogP contribution is 2.30. The second kappa shape index (κ2) is 25.5. The van der Waals surface area contributed by atoms with Gasteiger partial charge in [-0.05, 0) is 43.2 Å². The number of hydrogen-bond acceptors (Lipinski definition) is 11. The van der Waals surface area contributed by atoms with E-state index in [2.05, 4.69) is 32.7 Å². The van der Waals surface area contributed by atoms with Crippen molar-refractivity contribution in [3.05, 3.63) is 35.9 Å². The fourth-order valence-corrected chi connectivity index (χ4v) is 9.15. The first-order valence-electron chi connectivity index (χ1n) is 22.5. The number of likely N-dealkylation sites (N-methyl/N-ethyl adjacent to an activating group) is 2. The first-order chi connectivity index (χ1) is 29.0. The predicted molar refractivity (Wildman–Crippen MR) is 238 cm³/mol. The number of likely N-dealkylation sites (tertiary alicyclic amines) is 1. The molecule has 0 spiro atoms. The van der Waals surface area contributed by atoms with Crippen molar-refractivity contribution in [3.63, 3.8) is 0 Å². The Hall–Kier alpha value is -3.63. The molecule has 4 amide bonds. The molecule has 2 aliphatic heterocycles. The highest BCUT2D eigenvalue weighted by Gasteiger charge is 2.43. The first kappa shape index (κ1) is 51.7. The molecule has 2 aliphatic rings. The zero-order chi connectivity index (χ0) is 45.4. The summed E-state index contributed by atoms with van der Waals surface area (Å²) in [7, 11) is 8.12. The second-order valence-electron chi connectivity index (χ2n) is 17.9. The summed E-state index contributed by atoms with van der Waals surface area (Å²) in [6, 6.07) is 6.43. The molecule has 15 nitrogen and oxygen atoms in total. The van der Waals surface area contributed by atoms with Crippen LogP contribution in [-0.4, -0.2) is 173 Å². The minimum absolute atomic E-state index is 0.00410. The molecule has 0 bridgehead atoms. The lowest BCUT2D eigenvalue weighted by molar-refractivity contribution is -0.149. The highest BCUT2D eigenvalue weighted by atomic mass is 16.5. The van der Waals surface area contributed by atoms with Crippen molar-refractivity contribution in [2.24, 2.45) is 23.7 Å². The van der Waals surface area contributed by atoms with Crippen molar-refractivity contribution < 1.29 is 38.2 Å². The van der Waals surface area contributed by atoms with Gasteiger partial charge in [0.15, 0.2) is 0 Å². The van der Waals surface area contributed by atoms with Gasteiger partial charge in [0.05, 0.1) is 49.8 Å². The van der Waals surface area contributed by atoms with Gasteiger partial charge in [0.1, 0.15) is 12.1 Å². The van der Waals surface area contributed by atoms with Crippen LogP contribution in [0, 0.1) is 23.7 Å². The number of nitrogens with zero attached hydrogens (tertiary/aromatic N) is 4. The maximum atomic E-state index is 14.5. The quantitative estimate of drug-likeness (QED) is 0.131. The largest absolute Gasteiger partial charge is 0.467 e. The number of nitrogens with one attached hydrogen (secondary N) is 3. The highest BCUT2D eigenvalue weighted by molar-refractivity contribution is 5.90. The Bertz CT molecular complexity index is 1530. The molecule has 3 rings (SSSR count). The van der Waals surface area contributed by atoms with E-state index in [1.807, 2.05) is 72.0 Å². The van der Waals surface area contributed by atoms with Crippen LogP contribution in [0.15, 0.2) is 30.3 Å². The lowest BCUT2D eigenvalue weighted by atomic mass is 9.89. The van der Waals surface area contributed by atoms with Crippen molar-refractivity contribution in [3.8, 4) is 0 Å². The molecular formula is C46H79N7O8.